The molecule has 0 aliphatic heterocycles. The zero-order valence-corrected chi connectivity index (χ0v) is 15.8. The molecule has 1 aromatic carbocycles. The maximum absolute atomic E-state index is 12.9. The van der Waals surface area contributed by atoms with Gasteiger partial charge in [-0.3, -0.25) is 4.79 Å². The van der Waals surface area contributed by atoms with Gasteiger partial charge in [-0.15, -0.1) is 0 Å². The molecule has 0 radical (unpaired) electrons. The van der Waals surface area contributed by atoms with Crippen molar-refractivity contribution < 1.29 is 26.4 Å². The van der Waals surface area contributed by atoms with Crippen LogP contribution >= 0.6 is 23.2 Å². The molecule has 0 atom stereocenters. The van der Waals surface area contributed by atoms with Crippen molar-refractivity contribution in [2.24, 2.45) is 0 Å². The first-order valence-electron chi connectivity index (χ1n) is 6.84. The molecule has 0 aliphatic carbocycles. The number of aromatic nitrogens is 2. The van der Waals surface area contributed by atoms with E-state index in [1.165, 1.54) is 0 Å². The number of nitrogens with one attached hydrogen (secondary N) is 1. The molecule has 0 spiro atoms. The number of nitriles is 1. The summed E-state index contributed by atoms with van der Waals surface area (Å²) in [7, 11) is -4.05. The fourth-order valence-electron chi connectivity index (χ4n) is 2.20. The van der Waals surface area contributed by atoms with Crippen molar-refractivity contribution >= 4 is 44.8 Å². The van der Waals surface area contributed by atoms with Crippen LogP contribution in [0.15, 0.2) is 17.0 Å². The fraction of sp³-hybridized carbons (Fsp3) is 0.214. The molecule has 0 aliphatic rings. The van der Waals surface area contributed by atoms with Gasteiger partial charge in [-0.05, 0) is 12.1 Å². The van der Waals surface area contributed by atoms with Gasteiger partial charge in [0.15, 0.2) is 21.3 Å². The Morgan fingerprint density at radius 2 is 1.81 bits per heavy atom. The summed E-state index contributed by atoms with van der Waals surface area (Å²) in [6.45, 7) is 1.06. The molecule has 7 nitrogen and oxygen atoms in total. The lowest BCUT2D eigenvalue weighted by atomic mass is 10.2. The van der Waals surface area contributed by atoms with Gasteiger partial charge in [0, 0.05) is 13.2 Å². The second kappa shape index (κ2) is 7.03. The summed E-state index contributed by atoms with van der Waals surface area (Å²) in [6.07, 6.45) is -3.96. The van der Waals surface area contributed by atoms with E-state index in [0.29, 0.717) is 16.8 Å². The summed E-state index contributed by atoms with van der Waals surface area (Å²) in [5, 5.41) is 14.1. The van der Waals surface area contributed by atoms with Crippen LogP contribution in [0.5, 0.6) is 0 Å². The largest absolute Gasteiger partial charge is 0.416 e. The maximum atomic E-state index is 12.9. The van der Waals surface area contributed by atoms with E-state index in [1.807, 2.05) is 0 Å². The Labute approximate surface area is 161 Å². The second-order valence-corrected chi connectivity index (χ2v) is 8.06. The average molecular weight is 441 g/mol. The molecule has 0 saturated heterocycles. The van der Waals surface area contributed by atoms with Crippen molar-refractivity contribution in [3.63, 3.8) is 0 Å². The van der Waals surface area contributed by atoms with E-state index in [2.05, 4.69) is 10.4 Å². The zero-order valence-electron chi connectivity index (χ0n) is 13.5. The number of hydrogen-bond donors (Lipinski definition) is 1. The standard InChI is InChI=1S/C14H9Cl2F3N4O3S/c1-6(24)21-13-12(27(2,25)26)10(5-20)22-23(13)11-8(15)3-7(4-9(11)16)14(17,18)19/h3-4H,1-2H3,(H,21,24). The molecule has 1 aromatic heterocycles. The third-order valence-corrected chi connectivity index (χ3v) is 4.87. The minimum atomic E-state index is -4.73. The Hall–Kier alpha value is -2.29. The van der Waals surface area contributed by atoms with E-state index in [-0.39, 0.29) is 5.69 Å². The Bertz CT molecular complexity index is 1070. The summed E-state index contributed by atoms with van der Waals surface area (Å²) in [4.78, 5) is 10.9. The summed E-state index contributed by atoms with van der Waals surface area (Å²) < 4.78 is 63.5. The van der Waals surface area contributed by atoms with Crippen LogP contribution in [0.25, 0.3) is 5.69 Å². The van der Waals surface area contributed by atoms with Crippen LogP contribution < -0.4 is 5.32 Å². The molecule has 13 heteroatoms. The van der Waals surface area contributed by atoms with Gasteiger partial charge in [-0.2, -0.15) is 23.5 Å². The van der Waals surface area contributed by atoms with Crippen LogP contribution in [0.2, 0.25) is 10.0 Å². The summed E-state index contributed by atoms with van der Waals surface area (Å²) in [6, 6.07) is 2.68. The van der Waals surface area contributed by atoms with Gasteiger partial charge in [0.05, 0.1) is 15.6 Å². The van der Waals surface area contributed by atoms with Crippen LogP contribution in [0.1, 0.15) is 18.2 Å². The number of carbonyl (C=O) groups excluding carboxylic acids is 1. The van der Waals surface area contributed by atoms with Gasteiger partial charge in [0.1, 0.15) is 16.7 Å². The molecular weight excluding hydrogens is 432 g/mol. The number of alkyl halides is 3. The van der Waals surface area contributed by atoms with Crippen molar-refractivity contribution in [1.82, 2.24) is 9.78 Å². The number of halogens is 5. The van der Waals surface area contributed by atoms with Gasteiger partial charge in [0.2, 0.25) is 5.91 Å². The molecule has 27 heavy (non-hydrogen) atoms. The fourth-order valence-corrected chi connectivity index (χ4v) is 3.77. The maximum Gasteiger partial charge on any atom is 0.416 e. The Kier molecular flexibility index (Phi) is 5.47. The monoisotopic (exact) mass is 440 g/mol. The van der Waals surface area contributed by atoms with E-state index in [0.717, 1.165) is 13.2 Å². The number of nitrogens with zero attached hydrogens (tertiary/aromatic N) is 3. The van der Waals surface area contributed by atoms with Crippen LogP contribution in [-0.4, -0.2) is 30.4 Å². The lowest BCUT2D eigenvalue weighted by molar-refractivity contribution is -0.137. The van der Waals surface area contributed by atoms with E-state index in [1.54, 1.807) is 6.07 Å². The predicted molar refractivity (Wildman–Crippen MR) is 90.7 cm³/mol. The molecule has 1 N–H and O–H groups in total. The molecule has 1 amide bonds. The highest BCUT2D eigenvalue weighted by atomic mass is 35.5. The van der Waals surface area contributed by atoms with Gasteiger partial charge < -0.3 is 5.32 Å². The van der Waals surface area contributed by atoms with Crippen LogP contribution in [-0.2, 0) is 20.8 Å². The summed E-state index contributed by atoms with van der Waals surface area (Å²) in [5.74, 6) is -1.19. The topological polar surface area (TPSA) is 105 Å². The number of anilines is 1. The first-order valence-corrected chi connectivity index (χ1v) is 9.49. The number of carbonyl (C=O) groups is 1. The normalized spacial score (nSPS) is 11.9. The lowest BCUT2D eigenvalue weighted by Gasteiger charge is -2.14. The molecular formula is C14H9Cl2F3N4O3S. The summed E-state index contributed by atoms with van der Waals surface area (Å²) in [5.41, 5.74) is -2.06. The third kappa shape index (κ3) is 4.18. The number of amides is 1. The van der Waals surface area contributed by atoms with Crippen LogP contribution in [0.3, 0.4) is 0 Å². The number of benzene rings is 1. The smallest absolute Gasteiger partial charge is 0.310 e. The predicted octanol–water partition coefficient (Wildman–Crippen LogP) is 3.43. The number of sulfone groups is 1. The molecule has 2 rings (SSSR count). The van der Waals surface area contributed by atoms with Gasteiger partial charge in [-0.25, -0.2) is 13.1 Å². The van der Waals surface area contributed by atoms with Crippen LogP contribution in [0.4, 0.5) is 19.0 Å². The van der Waals surface area contributed by atoms with Crippen molar-refractivity contribution in [2.45, 2.75) is 18.0 Å². The molecule has 0 unspecified atom stereocenters. The summed E-state index contributed by atoms with van der Waals surface area (Å²) >= 11 is 11.8. The van der Waals surface area contributed by atoms with E-state index < -0.39 is 53.9 Å². The molecule has 0 fully saturated rings. The molecule has 2 aromatic rings. The van der Waals surface area contributed by atoms with Gasteiger partial charge >= 0.3 is 6.18 Å². The zero-order chi connectivity index (χ0) is 20.7. The Morgan fingerprint density at radius 1 is 1.30 bits per heavy atom. The van der Waals surface area contributed by atoms with Gasteiger partial charge in [-0.1, -0.05) is 23.2 Å². The first-order chi connectivity index (χ1) is 12.3. The minimum absolute atomic E-state index is 0.332. The Morgan fingerprint density at radius 3 is 2.19 bits per heavy atom. The van der Waals surface area contributed by atoms with Crippen molar-refractivity contribution in [1.29, 1.82) is 5.26 Å². The number of rotatable bonds is 3. The highest BCUT2D eigenvalue weighted by Crippen LogP contribution is 2.39. The lowest BCUT2D eigenvalue weighted by Crippen LogP contribution is -2.15. The van der Waals surface area contributed by atoms with E-state index in [4.69, 9.17) is 23.2 Å². The van der Waals surface area contributed by atoms with Crippen molar-refractivity contribution in [3.8, 4) is 11.8 Å². The van der Waals surface area contributed by atoms with E-state index in [9.17, 15) is 31.6 Å². The van der Waals surface area contributed by atoms with Crippen molar-refractivity contribution in [3.05, 3.63) is 33.4 Å². The van der Waals surface area contributed by atoms with Gasteiger partial charge in [0.25, 0.3) is 0 Å². The van der Waals surface area contributed by atoms with Crippen LogP contribution in [0, 0.1) is 11.3 Å². The molecule has 1 heterocycles. The SMILES string of the molecule is CC(=O)Nc1c(S(C)(=O)=O)c(C#N)nn1-c1c(Cl)cc(C(F)(F)F)cc1Cl. The Balaban J connectivity index is 2.90. The molecule has 0 bridgehead atoms. The van der Waals surface area contributed by atoms with E-state index >= 15 is 0 Å². The highest BCUT2D eigenvalue weighted by Gasteiger charge is 2.34. The highest BCUT2D eigenvalue weighted by molar-refractivity contribution is 7.91. The molecule has 0 saturated carbocycles. The second-order valence-electron chi connectivity index (χ2n) is 5.29. The first kappa shape index (κ1) is 21.0. The third-order valence-electron chi connectivity index (χ3n) is 3.17. The minimum Gasteiger partial charge on any atom is -0.310 e. The van der Waals surface area contributed by atoms with Crippen molar-refractivity contribution in [2.75, 3.05) is 11.6 Å². The molecule has 144 valence electrons. The average Bonchev–Trinajstić information content (AvgIpc) is 2.83. The number of hydrogen-bond acceptors (Lipinski definition) is 5. The quantitative estimate of drug-likeness (QED) is 0.786.